The van der Waals surface area contributed by atoms with E-state index >= 15 is 0 Å². The minimum Gasteiger partial charge on any atom is -0.316 e. The second kappa shape index (κ2) is 7.68. The predicted octanol–water partition coefficient (Wildman–Crippen LogP) is 4.10. The highest BCUT2D eigenvalue weighted by Gasteiger charge is 2.17. The molecule has 0 unspecified atom stereocenters. The number of benzene rings is 2. The minimum atomic E-state index is -0.377. The first-order chi connectivity index (χ1) is 12.9. The number of nitrogens with one attached hydrogen (secondary N) is 1. The van der Waals surface area contributed by atoms with Gasteiger partial charge in [0, 0.05) is 18.1 Å². The van der Waals surface area contributed by atoms with E-state index < -0.39 is 0 Å². The summed E-state index contributed by atoms with van der Waals surface area (Å²) in [5.74, 6) is -0.377. The van der Waals surface area contributed by atoms with Crippen molar-refractivity contribution in [2.45, 2.75) is 13.8 Å². The van der Waals surface area contributed by atoms with Gasteiger partial charge in [0.15, 0.2) is 0 Å². The van der Waals surface area contributed by atoms with Crippen molar-refractivity contribution in [2.75, 3.05) is 5.32 Å². The van der Waals surface area contributed by atoms with E-state index in [2.05, 4.69) is 5.32 Å². The van der Waals surface area contributed by atoms with Gasteiger partial charge in [-0.15, -0.1) is 0 Å². The molecule has 0 aliphatic rings. The van der Waals surface area contributed by atoms with Crippen LogP contribution in [0.3, 0.4) is 0 Å². The Balaban J connectivity index is 1.85. The molecule has 2 aromatic carbocycles. The molecule has 0 bridgehead atoms. The van der Waals surface area contributed by atoms with Crippen LogP contribution < -0.4 is 10.9 Å². The van der Waals surface area contributed by atoms with Crippen LogP contribution in [0.1, 0.15) is 16.8 Å². The zero-order chi connectivity index (χ0) is 19.6. The topological polar surface area (TPSA) is 56.0 Å². The monoisotopic (exact) mass is 381 g/mol. The average molecular weight is 382 g/mol. The largest absolute Gasteiger partial charge is 0.316 e. The molecule has 1 amide bonds. The number of halogens is 1. The van der Waals surface area contributed by atoms with Crippen LogP contribution in [0.2, 0.25) is 5.02 Å². The van der Waals surface area contributed by atoms with E-state index in [0.29, 0.717) is 10.7 Å². The SMILES string of the molecule is Cc1ccc(C=CC(=O)Nc2c(C)n(C)n(-c3ccccc3)c2=O)cc1Cl. The summed E-state index contributed by atoms with van der Waals surface area (Å²) in [5, 5.41) is 3.33. The zero-order valence-corrected chi connectivity index (χ0v) is 16.1. The highest BCUT2D eigenvalue weighted by Crippen LogP contribution is 2.18. The molecule has 1 N–H and O–H groups in total. The lowest BCUT2D eigenvalue weighted by atomic mass is 10.1. The number of nitrogens with zero attached hydrogens (tertiary/aromatic N) is 2. The summed E-state index contributed by atoms with van der Waals surface area (Å²) in [6.45, 7) is 3.71. The Hall–Kier alpha value is -3.05. The molecule has 27 heavy (non-hydrogen) atoms. The lowest BCUT2D eigenvalue weighted by molar-refractivity contribution is -0.111. The summed E-state index contributed by atoms with van der Waals surface area (Å²) in [6.07, 6.45) is 3.05. The predicted molar refractivity (Wildman–Crippen MR) is 110 cm³/mol. The highest BCUT2D eigenvalue weighted by atomic mass is 35.5. The number of rotatable bonds is 4. The van der Waals surface area contributed by atoms with E-state index in [4.69, 9.17) is 11.6 Å². The molecule has 1 heterocycles. The fourth-order valence-electron chi connectivity index (χ4n) is 2.76. The molecule has 0 saturated heterocycles. The van der Waals surface area contributed by atoms with Gasteiger partial charge in [0.1, 0.15) is 5.69 Å². The number of aryl methyl sites for hydroxylation is 1. The van der Waals surface area contributed by atoms with Gasteiger partial charge >= 0.3 is 0 Å². The van der Waals surface area contributed by atoms with Crippen LogP contribution in [0.25, 0.3) is 11.8 Å². The Labute approximate surface area is 162 Å². The Bertz CT molecular complexity index is 1080. The van der Waals surface area contributed by atoms with Crippen LogP contribution in [0.5, 0.6) is 0 Å². The number of hydrogen-bond donors (Lipinski definition) is 1. The van der Waals surface area contributed by atoms with Crippen molar-refractivity contribution in [1.29, 1.82) is 0 Å². The van der Waals surface area contributed by atoms with Gasteiger partial charge < -0.3 is 5.32 Å². The lowest BCUT2D eigenvalue weighted by Gasteiger charge is -2.07. The first-order valence-electron chi connectivity index (χ1n) is 8.47. The zero-order valence-electron chi connectivity index (χ0n) is 15.4. The third-order valence-corrected chi connectivity index (χ3v) is 4.83. The van der Waals surface area contributed by atoms with Crippen molar-refractivity contribution in [3.05, 3.63) is 86.8 Å². The molecule has 0 fully saturated rings. The number of carbonyl (C=O) groups is 1. The smallest absolute Gasteiger partial charge is 0.295 e. The Kier molecular flexibility index (Phi) is 5.33. The summed E-state index contributed by atoms with van der Waals surface area (Å²) in [7, 11) is 1.78. The quantitative estimate of drug-likeness (QED) is 0.692. The van der Waals surface area contributed by atoms with Gasteiger partial charge in [0.05, 0.1) is 11.4 Å². The summed E-state index contributed by atoms with van der Waals surface area (Å²) in [5.41, 5.74) is 3.17. The van der Waals surface area contributed by atoms with Crippen LogP contribution in [0, 0.1) is 13.8 Å². The van der Waals surface area contributed by atoms with Crippen LogP contribution in [0.4, 0.5) is 5.69 Å². The molecule has 0 atom stereocenters. The molecule has 6 heteroatoms. The van der Waals surface area contributed by atoms with E-state index in [1.54, 1.807) is 30.8 Å². The van der Waals surface area contributed by atoms with E-state index in [1.807, 2.05) is 49.4 Å². The van der Waals surface area contributed by atoms with Crippen molar-refractivity contribution < 1.29 is 4.79 Å². The summed E-state index contributed by atoms with van der Waals surface area (Å²) >= 11 is 6.10. The third kappa shape index (κ3) is 3.88. The summed E-state index contributed by atoms with van der Waals surface area (Å²) in [4.78, 5) is 25.1. The van der Waals surface area contributed by atoms with E-state index in [0.717, 1.165) is 16.8 Å². The van der Waals surface area contributed by atoms with Gasteiger partial charge in [-0.05, 0) is 49.2 Å². The van der Waals surface area contributed by atoms with E-state index in [1.165, 1.54) is 10.8 Å². The molecular formula is C21H20ClN3O2. The van der Waals surface area contributed by atoms with Crippen LogP contribution in [-0.4, -0.2) is 15.3 Å². The minimum absolute atomic E-state index is 0.262. The number of para-hydroxylation sites is 1. The number of carbonyl (C=O) groups excluding carboxylic acids is 1. The number of anilines is 1. The van der Waals surface area contributed by atoms with Crippen molar-refractivity contribution in [3.8, 4) is 5.69 Å². The molecule has 0 spiro atoms. The molecule has 3 rings (SSSR count). The summed E-state index contributed by atoms with van der Waals surface area (Å²) < 4.78 is 3.24. The number of hydrogen-bond acceptors (Lipinski definition) is 2. The van der Waals surface area contributed by atoms with Gasteiger partial charge in [-0.25, -0.2) is 4.68 Å². The van der Waals surface area contributed by atoms with E-state index in [9.17, 15) is 9.59 Å². The molecule has 0 aliphatic heterocycles. The molecule has 0 aliphatic carbocycles. The molecule has 3 aromatic rings. The van der Waals surface area contributed by atoms with Gasteiger partial charge in [-0.2, -0.15) is 0 Å². The molecular weight excluding hydrogens is 362 g/mol. The number of aromatic nitrogens is 2. The van der Waals surface area contributed by atoms with Crippen molar-refractivity contribution in [3.63, 3.8) is 0 Å². The maximum atomic E-state index is 12.8. The Morgan fingerprint density at radius 2 is 1.81 bits per heavy atom. The number of amides is 1. The van der Waals surface area contributed by atoms with Crippen molar-refractivity contribution in [1.82, 2.24) is 9.36 Å². The van der Waals surface area contributed by atoms with Crippen LogP contribution >= 0.6 is 11.6 Å². The fraction of sp³-hybridized carbons (Fsp3) is 0.143. The fourth-order valence-corrected chi connectivity index (χ4v) is 2.95. The molecule has 0 radical (unpaired) electrons. The first-order valence-corrected chi connectivity index (χ1v) is 8.85. The Morgan fingerprint density at radius 3 is 2.48 bits per heavy atom. The van der Waals surface area contributed by atoms with Gasteiger partial charge in [0.25, 0.3) is 5.56 Å². The maximum Gasteiger partial charge on any atom is 0.295 e. The second-order valence-corrected chi connectivity index (χ2v) is 6.67. The Morgan fingerprint density at radius 1 is 1.11 bits per heavy atom. The maximum absolute atomic E-state index is 12.8. The summed E-state index contributed by atoms with van der Waals surface area (Å²) in [6, 6.07) is 14.8. The molecule has 0 saturated carbocycles. The lowest BCUT2D eigenvalue weighted by Crippen LogP contribution is -2.22. The normalized spacial score (nSPS) is 11.1. The third-order valence-electron chi connectivity index (χ3n) is 4.43. The first kappa shape index (κ1) is 18.7. The molecule has 138 valence electrons. The van der Waals surface area contributed by atoms with Gasteiger partial charge in [-0.1, -0.05) is 41.9 Å². The van der Waals surface area contributed by atoms with Gasteiger partial charge in [0.2, 0.25) is 5.91 Å². The highest BCUT2D eigenvalue weighted by molar-refractivity contribution is 6.31. The van der Waals surface area contributed by atoms with Crippen molar-refractivity contribution in [2.24, 2.45) is 7.05 Å². The average Bonchev–Trinajstić information content (AvgIpc) is 2.87. The molecule has 1 aromatic heterocycles. The molecule has 5 nitrogen and oxygen atoms in total. The van der Waals surface area contributed by atoms with Crippen molar-refractivity contribution >= 4 is 29.3 Å². The van der Waals surface area contributed by atoms with Crippen LogP contribution in [-0.2, 0) is 11.8 Å². The van der Waals surface area contributed by atoms with Crippen LogP contribution in [0.15, 0.2) is 59.4 Å². The van der Waals surface area contributed by atoms with Gasteiger partial charge in [-0.3, -0.25) is 14.3 Å². The second-order valence-electron chi connectivity index (χ2n) is 6.27. The standard InChI is InChI=1S/C21H20ClN3O2/c1-14-9-10-16(13-18(14)22)11-12-19(26)23-20-15(2)24(3)25(21(20)27)17-7-5-4-6-8-17/h4-13H,1-3H3,(H,23,26). The van der Waals surface area contributed by atoms with E-state index in [-0.39, 0.29) is 17.2 Å².